The van der Waals surface area contributed by atoms with E-state index in [0.717, 1.165) is 5.56 Å². The zero-order valence-corrected chi connectivity index (χ0v) is 17.8. The summed E-state index contributed by atoms with van der Waals surface area (Å²) in [6.07, 6.45) is -10.00. The average Bonchev–Trinajstić information content (AvgIpc) is 2.76. The summed E-state index contributed by atoms with van der Waals surface area (Å²) in [6.45, 7) is 1.66. The molecule has 2 aromatic rings. The molecule has 1 fully saturated rings. The van der Waals surface area contributed by atoms with Crippen molar-refractivity contribution >= 4 is 5.91 Å². The van der Waals surface area contributed by atoms with E-state index in [1.807, 2.05) is 30.3 Å². The monoisotopic (exact) mass is 474 g/mol. The topological polar surface area (TPSA) is 64.3 Å². The molecule has 1 saturated heterocycles. The molecule has 1 aliphatic heterocycles. The Hall–Kier alpha value is -2.59. The molecule has 0 bridgehead atoms. The molecule has 1 amide bonds. The number of piperidine rings is 1. The number of alkyl halides is 6. The van der Waals surface area contributed by atoms with Gasteiger partial charge in [-0.05, 0) is 49.1 Å². The number of rotatable bonds is 6. The fraction of sp³-hybridized carbons (Fsp3) is 0.435. The van der Waals surface area contributed by atoms with Gasteiger partial charge in [0.25, 0.3) is 0 Å². The molecule has 0 aliphatic carbocycles. The average molecular weight is 474 g/mol. The number of carbonyl (C=O) groups excluding carboxylic acids is 1. The zero-order valence-electron chi connectivity index (χ0n) is 17.8. The molecule has 2 aromatic carbocycles. The van der Waals surface area contributed by atoms with Crippen LogP contribution in [0.2, 0.25) is 0 Å². The molecule has 0 radical (unpaired) electrons. The van der Waals surface area contributed by atoms with Gasteiger partial charge in [0.1, 0.15) is 0 Å². The lowest BCUT2D eigenvalue weighted by Crippen LogP contribution is -2.54. The van der Waals surface area contributed by atoms with Crippen molar-refractivity contribution in [1.29, 1.82) is 0 Å². The highest BCUT2D eigenvalue weighted by Gasteiger charge is 2.40. The van der Waals surface area contributed by atoms with Gasteiger partial charge in [0, 0.05) is 6.54 Å². The van der Waals surface area contributed by atoms with E-state index in [1.165, 1.54) is 6.92 Å². The summed E-state index contributed by atoms with van der Waals surface area (Å²) in [5, 5.41) is 3.27. The van der Waals surface area contributed by atoms with Crippen molar-refractivity contribution in [2.45, 2.75) is 43.8 Å². The summed E-state index contributed by atoms with van der Waals surface area (Å²) >= 11 is 0. The Labute approximate surface area is 187 Å². The molecule has 1 heterocycles. The maximum absolute atomic E-state index is 13.2. The van der Waals surface area contributed by atoms with Crippen molar-refractivity contribution in [2.75, 3.05) is 13.2 Å². The minimum absolute atomic E-state index is 0.0265. The second kappa shape index (κ2) is 9.34. The lowest BCUT2D eigenvalue weighted by molar-refractivity contribution is -0.143. The van der Waals surface area contributed by atoms with Gasteiger partial charge in [-0.15, -0.1) is 0 Å². The molecule has 4 nitrogen and oxygen atoms in total. The largest absolute Gasteiger partial charge is 0.416 e. The Morgan fingerprint density at radius 3 is 2.12 bits per heavy atom. The first-order chi connectivity index (χ1) is 15.3. The third-order valence-electron chi connectivity index (χ3n) is 5.99. The second-order valence-electron chi connectivity index (χ2n) is 8.26. The van der Waals surface area contributed by atoms with Crippen molar-refractivity contribution in [2.24, 2.45) is 11.7 Å². The molecule has 1 aliphatic rings. The summed E-state index contributed by atoms with van der Waals surface area (Å²) in [5.74, 6) is -0.820. The van der Waals surface area contributed by atoms with Gasteiger partial charge < -0.3 is 15.8 Å². The van der Waals surface area contributed by atoms with Crippen LogP contribution in [-0.2, 0) is 27.4 Å². The van der Waals surface area contributed by atoms with Crippen LogP contribution in [0.25, 0.3) is 0 Å². The van der Waals surface area contributed by atoms with Crippen LogP contribution in [0.4, 0.5) is 26.3 Å². The lowest BCUT2D eigenvalue weighted by Gasteiger charge is -2.41. The van der Waals surface area contributed by atoms with E-state index in [1.54, 1.807) is 0 Å². The highest BCUT2D eigenvalue weighted by Crippen LogP contribution is 2.39. The Balaban J connectivity index is 1.87. The van der Waals surface area contributed by atoms with E-state index in [9.17, 15) is 31.1 Å². The number of hydrogen-bond donors (Lipinski definition) is 2. The van der Waals surface area contributed by atoms with E-state index in [0.29, 0.717) is 25.0 Å². The predicted octanol–water partition coefficient (Wildman–Crippen LogP) is 5.18. The van der Waals surface area contributed by atoms with Crippen molar-refractivity contribution in [3.8, 4) is 0 Å². The number of amides is 1. The van der Waals surface area contributed by atoms with Crippen molar-refractivity contribution in [3.63, 3.8) is 0 Å². The standard InChI is InChI=1S/C23H24F6N2O2/c1-14(16-9-18(22(24,25)26)11-19(10-16)23(27,28)29)33-13-21(17-5-3-2-4-6-17)8-7-15(12-31-21)20(30)32/h2-6,9-11,14-15,31H,7-8,12-13H2,1H3,(H2,30,32)/t14-,15-,21-/m1/s1. The minimum atomic E-state index is -4.93. The van der Waals surface area contributed by atoms with Gasteiger partial charge in [0.05, 0.1) is 35.3 Å². The molecule has 0 unspecified atom stereocenters. The van der Waals surface area contributed by atoms with Gasteiger partial charge in [-0.25, -0.2) is 0 Å². The fourth-order valence-electron chi connectivity index (χ4n) is 3.96. The second-order valence-corrected chi connectivity index (χ2v) is 8.26. The van der Waals surface area contributed by atoms with Gasteiger partial charge in [0.15, 0.2) is 0 Å². The Bertz CT molecular complexity index is 935. The first-order valence-electron chi connectivity index (χ1n) is 10.3. The van der Waals surface area contributed by atoms with Crippen molar-refractivity contribution in [3.05, 3.63) is 70.8 Å². The van der Waals surface area contributed by atoms with Crippen LogP contribution in [0.3, 0.4) is 0 Å². The van der Waals surface area contributed by atoms with Crippen LogP contribution in [0.1, 0.15) is 48.1 Å². The third-order valence-corrected chi connectivity index (χ3v) is 5.99. The predicted molar refractivity (Wildman–Crippen MR) is 109 cm³/mol. The fourth-order valence-corrected chi connectivity index (χ4v) is 3.96. The number of primary amides is 1. The van der Waals surface area contributed by atoms with Crippen molar-refractivity contribution in [1.82, 2.24) is 5.32 Å². The summed E-state index contributed by atoms with van der Waals surface area (Å²) in [4.78, 5) is 11.5. The summed E-state index contributed by atoms with van der Waals surface area (Å²) in [7, 11) is 0. The van der Waals surface area contributed by atoms with Gasteiger partial charge in [-0.2, -0.15) is 26.3 Å². The molecule has 10 heteroatoms. The first kappa shape index (κ1) is 25.0. The van der Waals surface area contributed by atoms with E-state index < -0.39 is 41.0 Å². The minimum Gasteiger partial charge on any atom is -0.372 e. The van der Waals surface area contributed by atoms with E-state index in [4.69, 9.17) is 10.5 Å². The van der Waals surface area contributed by atoms with E-state index in [2.05, 4.69) is 5.32 Å². The van der Waals surface area contributed by atoms with Crippen LogP contribution in [0, 0.1) is 5.92 Å². The summed E-state index contributed by atoms with van der Waals surface area (Å²) in [6, 6.07) is 10.6. The number of nitrogens with one attached hydrogen (secondary N) is 1. The molecule has 33 heavy (non-hydrogen) atoms. The van der Waals surface area contributed by atoms with Crippen molar-refractivity contribution < 1.29 is 35.9 Å². The molecule has 180 valence electrons. The third kappa shape index (κ3) is 5.86. The van der Waals surface area contributed by atoms with E-state index >= 15 is 0 Å². The molecular weight excluding hydrogens is 450 g/mol. The van der Waals surface area contributed by atoms with E-state index in [-0.39, 0.29) is 30.7 Å². The first-order valence-corrected chi connectivity index (χ1v) is 10.3. The number of hydrogen-bond acceptors (Lipinski definition) is 3. The van der Waals surface area contributed by atoms with Crippen LogP contribution < -0.4 is 11.1 Å². The maximum atomic E-state index is 13.2. The molecule has 3 atom stereocenters. The zero-order chi connectivity index (χ0) is 24.4. The van der Waals surface area contributed by atoms with Gasteiger partial charge in [-0.1, -0.05) is 30.3 Å². The highest BCUT2D eigenvalue weighted by molar-refractivity contribution is 5.77. The number of ether oxygens (including phenoxy) is 1. The molecule has 0 aromatic heterocycles. The van der Waals surface area contributed by atoms with Crippen LogP contribution in [-0.4, -0.2) is 19.1 Å². The van der Waals surface area contributed by atoms with Crippen LogP contribution >= 0.6 is 0 Å². The Kier molecular flexibility index (Phi) is 7.09. The number of nitrogens with two attached hydrogens (primary N) is 1. The lowest BCUT2D eigenvalue weighted by atomic mass is 9.79. The number of benzene rings is 2. The molecule has 3 N–H and O–H groups in total. The van der Waals surface area contributed by atoms with Gasteiger partial charge >= 0.3 is 12.4 Å². The Morgan fingerprint density at radius 1 is 1.09 bits per heavy atom. The van der Waals surface area contributed by atoms with Crippen LogP contribution in [0.15, 0.2) is 48.5 Å². The smallest absolute Gasteiger partial charge is 0.372 e. The van der Waals surface area contributed by atoms with Crippen LogP contribution in [0.5, 0.6) is 0 Å². The summed E-state index contributed by atoms with van der Waals surface area (Å²) in [5.41, 5.74) is 2.46. The normalized spacial score (nSPS) is 22.7. The quantitative estimate of drug-likeness (QED) is 0.567. The molecule has 3 rings (SSSR count). The van der Waals surface area contributed by atoms with Gasteiger partial charge in [0.2, 0.25) is 5.91 Å². The number of halogens is 6. The Morgan fingerprint density at radius 2 is 1.67 bits per heavy atom. The molecule has 0 saturated carbocycles. The number of carbonyl (C=O) groups is 1. The maximum Gasteiger partial charge on any atom is 0.416 e. The SMILES string of the molecule is C[C@@H](OC[C@@]1(c2ccccc2)CC[C@@H](C(N)=O)CN1)c1cc(C(F)(F)F)cc(C(F)(F)F)c1. The van der Waals surface area contributed by atoms with Gasteiger partial charge in [-0.3, -0.25) is 4.79 Å². The molecule has 0 spiro atoms. The molecular formula is C23H24F6N2O2. The highest BCUT2D eigenvalue weighted by atomic mass is 19.4. The summed E-state index contributed by atoms with van der Waals surface area (Å²) < 4.78 is 85.1.